The van der Waals surface area contributed by atoms with Crippen LogP contribution in [-0.4, -0.2) is 88.1 Å². The highest BCUT2D eigenvalue weighted by Crippen LogP contribution is 2.34. The molecule has 244 valence electrons. The maximum absolute atomic E-state index is 14.0. The lowest BCUT2D eigenvalue weighted by Crippen LogP contribution is -2.44. The smallest absolute Gasteiger partial charge is 0.324 e. The molecule has 0 bridgehead atoms. The summed E-state index contributed by atoms with van der Waals surface area (Å²) in [5.41, 5.74) is 2.53. The molecule has 0 atom stereocenters. The molecule has 12 nitrogen and oxygen atoms in total. The molecule has 0 spiro atoms. The highest BCUT2D eigenvalue weighted by Gasteiger charge is 2.34. The van der Waals surface area contributed by atoms with Gasteiger partial charge in [0.05, 0.1) is 17.5 Å². The van der Waals surface area contributed by atoms with Gasteiger partial charge in [-0.3, -0.25) is 14.2 Å². The van der Waals surface area contributed by atoms with E-state index < -0.39 is 27.8 Å². The number of alkyl halides is 3. The summed E-state index contributed by atoms with van der Waals surface area (Å²) >= 11 is 0. The van der Waals surface area contributed by atoms with Gasteiger partial charge in [-0.25, -0.2) is 19.9 Å². The Hall–Kier alpha value is -4.51. The fourth-order valence-corrected chi connectivity index (χ4v) is 4.54. The average molecular weight is 659 g/mol. The summed E-state index contributed by atoms with van der Waals surface area (Å²) < 4.78 is 67.8. The second-order valence-corrected chi connectivity index (χ2v) is 12.1. The Kier molecular flexibility index (Phi) is 11.0. The van der Waals surface area contributed by atoms with Crippen LogP contribution in [0, 0.1) is 6.92 Å². The molecule has 1 fully saturated rings. The van der Waals surface area contributed by atoms with Gasteiger partial charge in [-0.1, -0.05) is 12.1 Å². The Balaban J connectivity index is 0.000000892. The molecular weight excluding hydrogens is 625 g/mol. The molecule has 1 saturated heterocycles. The Labute approximate surface area is 264 Å². The predicted octanol–water partition coefficient (Wildman–Crippen LogP) is 4.51. The molecule has 3 heterocycles. The lowest BCUT2D eigenvalue weighted by molar-refractivity contribution is -0.138. The van der Waals surface area contributed by atoms with Crippen LogP contribution in [-0.2, 0) is 22.8 Å². The van der Waals surface area contributed by atoms with Crippen molar-refractivity contribution in [2.24, 2.45) is 0 Å². The third-order valence-electron chi connectivity index (χ3n) is 6.92. The van der Waals surface area contributed by atoms with Crippen LogP contribution < -0.4 is 10.6 Å². The van der Waals surface area contributed by atoms with Crippen molar-refractivity contribution in [3.05, 3.63) is 89.6 Å². The molecular formula is C30H33F3N8O4S. The summed E-state index contributed by atoms with van der Waals surface area (Å²) in [4.78, 5) is 34.0. The fourth-order valence-electron chi connectivity index (χ4n) is 4.54. The van der Waals surface area contributed by atoms with Crippen molar-refractivity contribution in [3.63, 3.8) is 0 Å². The first kappa shape index (κ1) is 34.4. The zero-order chi connectivity index (χ0) is 33.5. The number of carbonyl (C=O) groups excluding carboxylic acids is 1. The molecule has 0 aliphatic carbocycles. The van der Waals surface area contributed by atoms with E-state index in [2.05, 4.69) is 35.5 Å². The second-order valence-electron chi connectivity index (χ2n) is 10.7. The number of hydrogen-bond donors (Lipinski definition) is 3. The molecule has 1 aliphatic rings. The lowest BCUT2D eigenvalue weighted by Gasteiger charge is -2.33. The summed E-state index contributed by atoms with van der Waals surface area (Å²) in [6, 6.07) is 10.7. The number of halogens is 3. The van der Waals surface area contributed by atoms with E-state index in [1.807, 2.05) is 18.9 Å². The summed E-state index contributed by atoms with van der Waals surface area (Å²) in [5.74, 6) is -0.317. The van der Waals surface area contributed by atoms with Gasteiger partial charge in [0.25, 0.3) is 16.0 Å². The first-order chi connectivity index (χ1) is 21.7. The number of likely N-dealkylation sites (N-methyl/N-ethyl adjacent to an activating group) is 1. The number of aryl methyl sites for hydroxylation is 1. The Morgan fingerprint density at radius 3 is 2.35 bits per heavy atom. The number of aromatic nitrogens is 4. The summed E-state index contributed by atoms with van der Waals surface area (Å²) in [6.07, 6.45) is 2.45. The molecule has 46 heavy (non-hydrogen) atoms. The predicted molar refractivity (Wildman–Crippen MR) is 167 cm³/mol. The molecule has 2 aromatic carbocycles. The maximum atomic E-state index is 14.0. The van der Waals surface area contributed by atoms with Crippen LogP contribution in [0.2, 0.25) is 0 Å². The fraction of sp³-hybridized carbons (Fsp3) is 0.300. The summed E-state index contributed by atoms with van der Waals surface area (Å²) in [7, 11) is -1.67. The lowest BCUT2D eigenvalue weighted by atomic mass is 10.0. The molecule has 0 saturated carbocycles. The molecule has 1 aliphatic heterocycles. The highest BCUT2D eigenvalue weighted by molar-refractivity contribution is 7.85. The van der Waals surface area contributed by atoms with Crippen molar-refractivity contribution in [3.8, 4) is 11.3 Å². The molecule has 0 radical (unpaired) electrons. The highest BCUT2D eigenvalue weighted by atomic mass is 32.2. The summed E-state index contributed by atoms with van der Waals surface area (Å²) in [5, 5.41) is 5.86. The van der Waals surface area contributed by atoms with E-state index in [1.54, 1.807) is 42.9 Å². The number of rotatable bonds is 7. The van der Waals surface area contributed by atoms with Gasteiger partial charge in [-0.05, 0) is 55.4 Å². The molecule has 4 aromatic rings. The van der Waals surface area contributed by atoms with Crippen LogP contribution in [0.25, 0.3) is 11.3 Å². The zero-order valence-electron chi connectivity index (χ0n) is 25.3. The quantitative estimate of drug-likeness (QED) is 0.241. The van der Waals surface area contributed by atoms with Gasteiger partial charge in [0.1, 0.15) is 6.33 Å². The van der Waals surface area contributed by atoms with Gasteiger partial charge >= 0.3 is 6.18 Å². The number of benzene rings is 2. The van der Waals surface area contributed by atoms with E-state index in [1.165, 1.54) is 18.5 Å². The minimum atomic E-state index is -4.58. The van der Waals surface area contributed by atoms with Crippen LogP contribution in [0.1, 0.15) is 27.0 Å². The van der Waals surface area contributed by atoms with Gasteiger partial charge in [0.15, 0.2) is 0 Å². The van der Waals surface area contributed by atoms with Crippen molar-refractivity contribution < 1.29 is 30.9 Å². The second kappa shape index (κ2) is 14.7. The van der Waals surface area contributed by atoms with E-state index in [0.717, 1.165) is 30.3 Å². The number of piperazine rings is 1. The molecule has 0 unspecified atom stereocenters. The standard InChI is InChI=1S/C29H29F3N8O.CH4O3S/c1-19-3-6-23(14-26(19)38-28-35-8-7-25(37-28)22-15-33-18-34-16-22)36-27(41)20-4-5-21(24(13-20)29(30,31)32)17-40-11-9-39(2)10-12-40;1-5(2,3)4/h3-8,13-16,18H,9-12,17H2,1-2H3,(H,36,41)(H,35,37,38);1H3,(H,2,3,4). The van der Waals surface area contributed by atoms with E-state index in [0.29, 0.717) is 42.4 Å². The van der Waals surface area contributed by atoms with Crippen LogP contribution in [0.5, 0.6) is 0 Å². The number of anilines is 3. The summed E-state index contributed by atoms with van der Waals surface area (Å²) in [6.45, 7) is 5.03. The number of hydrogen-bond acceptors (Lipinski definition) is 10. The first-order valence-electron chi connectivity index (χ1n) is 14.0. The third-order valence-corrected chi connectivity index (χ3v) is 6.92. The molecule has 1 amide bonds. The van der Waals surface area contributed by atoms with Crippen LogP contribution in [0.3, 0.4) is 0 Å². The van der Waals surface area contributed by atoms with Crippen molar-refractivity contribution in [2.45, 2.75) is 19.6 Å². The Bertz CT molecular complexity index is 1760. The Morgan fingerprint density at radius 1 is 1.02 bits per heavy atom. The maximum Gasteiger partial charge on any atom is 0.416 e. The van der Waals surface area contributed by atoms with Crippen LogP contribution in [0.4, 0.5) is 30.5 Å². The topological polar surface area (TPSA) is 154 Å². The number of carbonyl (C=O) groups is 1. The van der Waals surface area contributed by atoms with Gasteiger partial charge in [-0.15, -0.1) is 0 Å². The molecule has 3 N–H and O–H groups in total. The number of nitrogens with one attached hydrogen (secondary N) is 2. The first-order valence-corrected chi connectivity index (χ1v) is 15.8. The molecule has 2 aromatic heterocycles. The SMILES string of the molecule is CS(=O)(=O)O.Cc1ccc(NC(=O)c2ccc(CN3CCN(C)CC3)c(C(F)(F)F)c2)cc1Nc1nccc(-c2cncnc2)n1. The molecule has 16 heteroatoms. The minimum Gasteiger partial charge on any atom is -0.324 e. The zero-order valence-corrected chi connectivity index (χ0v) is 26.1. The van der Waals surface area contributed by atoms with E-state index in [-0.39, 0.29) is 17.7 Å². The van der Waals surface area contributed by atoms with Gasteiger partial charge in [-0.2, -0.15) is 21.6 Å². The largest absolute Gasteiger partial charge is 0.416 e. The van der Waals surface area contributed by atoms with Gasteiger partial charge in [0, 0.05) is 73.8 Å². The number of amides is 1. The van der Waals surface area contributed by atoms with E-state index >= 15 is 0 Å². The van der Waals surface area contributed by atoms with Crippen molar-refractivity contribution in [1.29, 1.82) is 0 Å². The number of nitrogens with zero attached hydrogens (tertiary/aromatic N) is 6. The van der Waals surface area contributed by atoms with Gasteiger partial charge < -0.3 is 15.5 Å². The van der Waals surface area contributed by atoms with Crippen molar-refractivity contribution in [1.82, 2.24) is 29.7 Å². The molecule has 5 rings (SSSR count). The van der Waals surface area contributed by atoms with Crippen molar-refractivity contribution >= 4 is 33.3 Å². The third kappa shape index (κ3) is 10.3. The van der Waals surface area contributed by atoms with E-state index in [4.69, 9.17) is 4.55 Å². The van der Waals surface area contributed by atoms with E-state index in [9.17, 15) is 26.4 Å². The van der Waals surface area contributed by atoms with Crippen LogP contribution in [0.15, 0.2) is 67.4 Å². The minimum absolute atomic E-state index is 0.0735. The van der Waals surface area contributed by atoms with Gasteiger partial charge in [0.2, 0.25) is 5.95 Å². The van der Waals surface area contributed by atoms with Crippen molar-refractivity contribution in [2.75, 3.05) is 50.1 Å². The monoisotopic (exact) mass is 658 g/mol. The van der Waals surface area contributed by atoms with Crippen LogP contribution >= 0.6 is 0 Å². The Morgan fingerprint density at radius 2 is 1.70 bits per heavy atom. The average Bonchev–Trinajstić information content (AvgIpc) is 2.99. The normalized spacial score (nSPS) is 14.2.